The molecule has 2 N–H and O–H groups in total. The van der Waals surface area contributed by atoms with Crippen LogP contribution in [0.2, 0.25) is 5.02 Å². The number of piperidine rings is 1. The van der Waals surface area contributed by atoms with Gasteiger partial charge >= 0.3 is 0 Å². The van der Waals surface area contributed by atoms with Crippen LogP contribution in [0.25, 0.3) is 0 Å². The van der Waals surface area contributed by atoms with E-state index in [1.165, 1.54) is 0 Å². The smallest absolute Gasteiger partial charge is 0.253 e. The zero-order valence-electron chi connectivity index (χ0n) is 15.0. The van der Waals surface area contributed by atoms with Crippen molar-refractivity contribution in [1.29, 1.82) is 0 Å². The van der Waals surface area contributed by atoms with Gasteiger partial charge in [0.25, 0.3) is 5.91 Å². The Morgan fingerprint density at radius 3 is 2.48 bits per heavy atom. The first-order valence-corrected chi connectivity index (χ1v) is 9.60. The van der Waals surface area contributed by atoms with Crippen molar-refractivity contribution in [2.24, 2.45) is 0 Å². The van der Waals surface area contributed by atoms with Gasteiger partial charge in [-0.25, -0.2) is 0 Å². The van der Waals surface area contributed by atoms with Crippen LogP contribution in [0, 0.1) is 0 Å². The summed E-state index contributed by atoms with van der Waals surface area (Å²) in [4.78, 5) is 27.0. The summed E-state index contributed by atoms with van der Waals surface area (Å²) < 4.78 is 0. The van der Waals surface area contributed by atoms with Crippen molar-refractivity contribution in [2.45, 2.75) is 31.3 Å². The Morgan fingerprint density at radius 1 is 1.04 bits per heavy atom. The average Bonchev–Trinajstić information content (AvgIpc) is 2.67. The summed E-state index contributed by atoms with van der Waals surface area (Å²) >= 11 is 5.91. The van der Waals surface area contributed by atoms with Gasteiger partial charge in [0.15, 0.2) is 0 Å². The van der Waals surface area contributed by atoms with Gasteiger partial charge in [-0.1, -0.05) is 29.8 Å². The van der Waals surface area contributed by atoms with Crippen LogP contribution < -0.4 is 10.6 Å². The van der Waals surface area contributed by atoms with Crippen LogP contribution in [-0.4, -0.2) is 35.3 Å². The van der Waals surface area contributed by atoms with E-state index in [0.29, 0.717) is 36.6 Å². The first-order chi connectivity index (χ1) is 13.0. The van der Waals surface area contributed by atoms with Crippen molar-refractivity contribution in [3.05, 3.63) is 64.7 Å². The third-order valence-corrected chi connectivity index (χ3v) is 5.74. The predicted octanol–water partition coefficient (Wildman–Crippen LogP) is 3.45. The van der Waals surface area contributed by atoms with E-state index in [1.807, 2.05) is 23.1 Å². The second kappa shape index (κ2) is 7.24. The SMILES string of the molecule is O=C1CC2(CCN(C(=O)c3ccc(Cl)cc3)CC2)Nc2ccccc2CN1. The van der Waals surface area contributed by atoms with Crippen molar-refractivity contribution >= 4 is 29.1 Å². The molecule has 0 atom stereocenters. The second-order valence-electron chi connectivity index (χ2n) is 7.32. The molecule has 6 heteroatoms. The van der Waals surface area contributed by atoms with Crippen LogP contribution in [0.5, 0.6) is 0 Å². The van der Waals surface area contributed by atoms with E-state index >= 15 is 0 Å². The largest absolute Gasteiger partial charge is 0.379 e. The maximum Gasteiger partial charge on any atom is 0.253 e. The van der Waals surface area contributed by atoms with Crippen LogP contribution in [0.4, 0.5) is 5.69 Å². The molecular formula is C21H22ClN3O2. The van der Waals surface area contributed by atoms with Gasteiger partial charge in [-0.15, -0.1) is 0 Å². The van der Waals surface area contributed by atoms with E-state index in [-0.39, 0.29) is 17.4 Å². The fourth-order valence-electron chi connectivity index (χ4n) is 3.90. The number of anilines is 1. The normalized spacial score (nSPS) is 18.7. The number of para-hydroxylation sites is 1. The molecule has 0 saturated carbocycles. The number of carbonyl (C=O) groups excluding carboxylic acids is 2. The minimum Gasteiger partial charge on any atom is -0.379 e. The van der Waals surface area contributed by atoms with Gasteiger partial charge < -0.3 is 15.5 Å². The highest BCUT2D eigenvalue weighted by molar-refractivity contribution is 6.30. The number of fused-ring (bicyclic) bond motifs is 1. The van der Waals surface area contributed by atoms with E-state index in [1.54, 1.807) is 24.3 Å². The molecule has 2 aromatic rings. The van der Waals surface area contributed by atoms with Crippen molar-refractivity contribution in [2.75, 3.05) is 18.4 Å². The van der Waals surface area contributed by atoms with Crippen LogP contribution in [-0.2, 0) is 11.3 Å². The molecule has 0 radical (unpaired) electrons. The summed E-state index contributed by atoms with van der Waals surface area (Å²) in [5.74, 6) is 0.0618. The topological polar surface area (TPSA) is 61.4 Å². The number of hydrogen-bond acceptors (Lipinski definition) is 3. The lowest BCUT2D eigenvalue weighted by molar-refractivity contribution is -0.122. The Balaban J connectivity index is 1.50. The lowest BCUT2D eigenvalue weighted by Gasteiger charge is -2.44. The van der Waals surface area contributed by atoms with Crippen LogP contribution in [0.1, 0.15) is 35.2 Å². The Morgan fingerprint density at radius 2 is 1.74 bits per heavy atom. The molecule has 1 spiro atoms. The van der Waals surface area contributed by atoms with Gasteiger partial charge in [-0.3, -0.25) is 9.59 Å². The molecule has 2 amide bonds. The van der Waals surface area contributed by atoms with Crippen molar-refractivity contribution in [3.63, 3.8) is 0 Å². The molecule has 27 heavy (non-hydrogen) atoms. The number of nitrogens with one attached hydrogen (secondary N) is 2. The fraction of sp³-hybridized carbons (Fsp3) is 0.333. The molecule has 0 aromatic heterocycles. The molecular weight excluding hydrogens is 362 g/mol. The minimum absolute atomic E-state index is 0.0113. The Bertz CT molecular complexity index is 858. The number of hydrogen-bond donors (Lipinski definition) is 2. The maximum absolute atomic E-state index is 12.8. The molecule has 0 aliphatic carbocycles. The quantitative estimate of drug-likeness (QED) is 0.792. The third-order valence-electron chi connectivity index (χ3n) is 5.49. The van der Waals surface area contributed by atoms with E-state index in [4.69, 9.17) is 11.6 Å². The summed E-state index contributed by atoms with van der Waals surface area (Å²) in [6, 6.07) is 15.0. The molecule has 1 fully saturated rings. The lowest BCUT2D eigenvalue weighted by atomic mass is 9.82. The van der Waals surface area contributed by atoms with Gasteiger partial charge in [0, 0.05) is 47.9 Å². The summed E-state index contributed by atoms with van der Waals surface area (Å²) in [5, 5.41) is 7.26. The molecule has 2 aliphatic rings. The molecule has 2 heterocycles. The number of nitrogens with zero attached hydrogens (tertiary/aromatic N) is 1. The van der Waals surface area contributed by atoms with E-state index in [9.17, 15) is 9.59 Å². The van der Waals surface area contributed by atoms with E-state index < -0.39 is 0 Å². The average molecular weight is 384 g/mol. The molecule has 2 aliphatic heterocycles. The molecule has 0 unspecified atom stereocenters. The van der Waals surface area contributed by atoms with Crippen LogP contribution in [0.15, 0.2) is 48.5 Å². The number of likely N-dealkylation sites (tertiary alicyclic amines) is 1. The molecule has 0 bridgehead atoms. The highest BCUT2D eigenvalue weighted by Gasteiger charge is 2.39. The minimum atomic E-state index is -0.322. The number of halogens is 1. The van der Waals surface area contributed by atoms with E-state index in [2.05, 4.69) is 16.7 Å². The van der Waals surface area contributed by atoms with Gasteiger partial charge in [-0.2, -0.15) is 0 Å². The van der Waals surface area contributed by atoms with Crippen LogP contribution in [0.3, 0.4) is 0 Å². The summed E-state index contributed by atoms with van der Waals surface area (Å²) in [6.07, 6.45) is 1.88. The molecule has 140 valence electrons. The highest BCUT2D eigenvalue weighted by Crippen LogP contribution is 2.33. The van der Waals surface area contributed by atoms with Crippen molar-refractivity contribution < 1.29 is 9.59 Å². The monoisotopic (exact) mass is 383 g/mol. The molecule has 4 rings (SSSR count). The predicted molar refractivity (Wildman–Crippen MR) is 106 cm³/mol. The van der Waals surface area contributed by atoms with E-state index in [0.717, 1.165) is 24.1 Å². The summed E-state index contributed by atoms with van der Waals surface area (Å²) in [7, 11) is 0. The lowest BCUT2D eigenvalue weighted by Crippen LogP contribution is -2.53. The Kier molecular flexibility index (Phi) is 4.79. The molecule has 5 nitrogen and oxygen atoms in total. The second-order valence-corrected chi connectivity index (χ2v) is 7.75. The highest BCUT2D eigenvalue weighted by atomic mass is 35.5. The summed E-state index contributed by atoms with van der Waals surface area (Å²) in [5.41, 5.74) is 2.47. The first-order valence-electron chi connectivity index (χ1n) is 9.22. The third kappa shape index (κ3) is 3.78. The maximum atomic E-state index is 12.8. The van der Waals surface area contributed by atoms with Crippen molar-refractivity contribution in [3.8, 4) is 0 Å². The standard InChI is InChI=1S/C21H22ClN3O2/c22-17-7-5-15(6-8-17)20(27)25-11-9-21(10-12-25)13-19(26)23-14-16-3-1-2-4-18(16)24-21/h1-8,24H,9-14H2,(H,23,26). The number of amides is 2. The molecule has 1 saturated heterocycles. The van der Waals surface area contributed by atoms with Crippen LogP contribution >= 0.6 is 11.6 Å². The summed E-state index contributed by atoms with van der Waals surface area (Å²) in [6.45, 7) is 1.77. The molecule has 2 aromatic carbocycles. The number of rotatable bonds is 1. The van der Waals surface area contributed by atoms with Gasteiger partial charge in [-0.05, 0) is 48.7 Å². The van der Waals surface area contributed by atoms with Gasteiger partial charge in [0.2, 0.25) is 5.91 Å². The Labute approximate surface area is 163 Å². The van der Waals surface area contributed by atoms with Gasteiger partial charge in [0.05, 0.1) is 0 Å². The number of benzene rings is 2. The Hall–Kier alpha value is -2.53. The van der Waals surface area contributed by atoms with Gasteiger partial charge in [0.1, 0.15) is 0 Å². The zero-order chi connectivity index (χ0) is 18.9. The first kappa shape index (κ1) is 17.9. The number of carbonyl (C=O) groups is 2. The fourth-order valence-corrected chi connectivity index (χ4v) is 4.03. The van der Waals surface area contributed by atoms with Crippen molar-refractivity contribution in [1.82, 2.24) is 10.2 Å². The zero-order valence-corrected chi connectivity index (χ0v) is 15.8.